The van der Waals surface area contributed by atoms with Crippen molar-refractivity contribution < 1.29 is 32.5 Å². The van der Waals surface area contributed by atoms with Gasteiger partial charge in [-0.3, -0.25) is 9.69 Å². The van der Waals surface area contributed by atoms with Crippen LogP contribution in [0.1, 0.15) is 52.7 Å². The highest BCUT2D eigenvalue weighted by molar-refractivity contribution is 7.89. The Balaban J connectivity index is 1.04. The Morgan fingerprint density at radius 1 is 0.789 bits per heavy atom. The standard InChI is InChI=1S/C46H51N3O7S/c1-32-11-21-41(22-12-32)57(52,53)48-42(28-34-7-4-3-5-8-34)45(51)47-29-36-9-6-10-40(27-36)37-17-19-39(20-18-37)46-55-43(30-49-23-25-54-26-24-49)33(2)44(56-46)38-15-13-35(31-50)14-16-38/h3-22,27,33,42-44,46,48,50H,23-26,28-31H2,1-2H3,(H,47,51)/t33-,42+,43+,44+,46+/m0/s1. The van der Waals surface area contributed by atoms with Crippen LogP contribution >= 0.6 is 0 Å². The molecule has 3 N–H and O–H groups in total. The summed E-state index contributed by atoms with van der Waals surface area (Å²) in [5.41, 5.74) is 7.44. The molecular weight excluding hydrogens is 739 g/mol. The quantitative estimate of drug-likeness (QED) is 0.117. The van der Waals surface area contributed by atoms with Crippen molar-refractivity contribution in [2.24, 2.45) is 5.92 Å². The molecule has 2 aliphatic rings. The number of sulfonamides is 1. The zero-order valence-electron chi connectivity index (χ0n) is 32.4. The molecule has 2 heterocycles. The van der Waals surface area contributed by atoms with Crippen molar-refractivity contribution in [1.82, 2.24) is 14.9 Å². The number of carbonyl (C=O) groups excluding carboxylic acids is 1. The van der Waals surface area contributed by atoms with Crippen LogP contribution in [0.15, 0.2) is 132 Å². The van der Waals surface area contributed by atoms with E-state index in [2.05, 4.69) is 34.0 Å². The summed E-state index contributed by atoms with van der Waals surface area (Å²) in [5, 5.41) is 12.6. The number of benzene rings is 5. The van der Waals surface area contributed by atoms with Crippen LogP contribution in [0.2, 0.25) is 0 Å². The predicted octanol–water partition coefficient (Wildman–Crippen LogP) is 6.48. The molecule has 298 valence electrons. The number of nitrogens with zero attached hydrogens (tertiary/aromatic N) is 1. The number of aliphatic hydroxyl groups is 1. The molecule has 7 rings (SSSR count). The molecule has 0 spiro atoms. The van der Waals surface area contributed by atoms with Crippen molar-refractivity contribution in [3.8, 4) is 11.1 Å². The highest BCUT2D eigenvalue weighted by Crippen LogP contribution is 2.42. The minimum atomic E-state index is -3.96. The molecule has 0 bridgehead atoms. The topological polar surface area (TPSA) is 126 Å². The second kappa shape index (κ2) is 18.7. The van der Waals surface area contributed by atoms with Gasteiger partial charge in [-0.1, -0.05) is 122 Å². The summed E-state index contributed by atoms with van der Waals surface area (Å²) >= 11 is 0. The largest absolute Gasteiger partial charge is 0.392 e. The monoisotopic (exact) mass is 789 g/mol. The highest BCUT2D eigenvalue weighted by atomic mass is 32.2. The summed E-state index contributed by atoms with van der Waals surface area (Å²) in [6.45, 7) is 8.22. The third-order valence-corrected chi connectivity index (χ3v) is 12.3. The Hall–Kier alpha value is -4.72. The number of rotatable bonds is 14. The van der Waals surface area contributed by atoms with Gasteiger partial charge in [0.25, 0.3) is 0 Å². The van der Waals surface area contributed by atoms with E-state index in [1.165, 1.54) is 0 Å². The molecule has 0 unspecified atom stereocenters. The molecule has 2 saturated heterocycles. The first-order chi connectivity index (χ1) is 27.6. The van der Waals surface area contributed by atoms with Crippen LogP contribution in [0.3, 0.4) is 0 Å². The SMILES string of the molecule is Cc1ccc(S(=O)(=O)N[C@H](Cc2ccccc2)C(=O)NCc2cccc(-c3ccc([C@@H]4O[C@H](CN5CCOCC5)[C@H](C)[C@H](c5ccc(CO)cc5)O4)cc3)c2)cc1. The maximum Gasteiger partial charge on any atom is 0.241 e. The average Bonchev–Trinajstić information content (AvgIpc) is 3.24. The van der Waals surface area contributed by atoms with E-state index in [0.29, 0.717) is 13.2 Å². The first-order valence-electron chi connectivity index (χ1n) is 19.6. The second-order valence-corrected chi connectivity index (χ2v) is 16.7. The molecule has 0 aliphatic carbocycles. The fourth-order valence-electron chi connectivity index (χ4n) is 7.38. The lowest BCUT2D eigenvalue weighted by Gasteiger charge is -2.43. The maximum atomic E-state index is 13.6. The Kier molecular flexibility index (Phi) is 13.3. The van der Waals surface area contributed by atoms with Crippen LogP contribution in [0.4, 0.5) is 0 Å². The third-order valence-electron chi connectivity index (χ3n) is 10.8. The summed E-state index contributed by atoms with van der Waals surface area (Å²) in [5.74, 6) is -0.325. The van der Waals surface area contributed by atoms with Crippen molar-refractivity contribution in [3.05, 3.63) is 161 Å². The molecule has 5 atom stereocenters. The third kappa shape index (κ3) is 10.4. The van der Waals surface area contributed by atoms with Crippen LogP contribution in [0, 0.1) is 12.8 Å². The number of hydrogen-bond donors (Lipinski definition) is 3. The molecule has 0 radical (unpaired) electrons. The number of nitrogens with one attached hydrogen (secondary N) is 2. The van der Waals surface area contributed by atoms with E-state index in [1.807, 2.05) is 97.9 Å². The molecule has 5 aromatic rings. The normalized spacial score (nSPS) is 20.8. The number of ether oxygens (including phenoxy) is 3. The van der Waals surface area contributed by atoms with Crippen LogP contribution in [-0.4, -0.2) is 69.3 Å². The first kappa shape index (κ1) is 40.5. The number of aryl methyl sites for hydroxylation is 1. The minimum absolute atomic E-state index is 0.00918. The number of carbonyl (C=O) groups is 1. The molecule has 2 fully saturated rings. The zero-order valence-corrected chi connectivity index (χ0v) is 33.2. The second-order valence-electron chi connectivity index (χ2n) is 15.0. The Bertz CT molecular complexity index is 2180. The lowest BCUT2D eigenvalue weighted by Crippen LogP contribution is -2.47. The van der Waals surface area contributed by atoms with Gasteiger partial charge in [-0.2, -0.15) is 4.72 Å². The number of hydrogen-bond acceptors (Lipinski definition) is 8. The number of aliphatic hydroxyl groups excluding tert-OH is 1. The Morgan fingerprint density at radius 3 is 2.18 bits per heavy atom. The van der Waals surface area contributed by atoms with Gasteiger partial charge in [-0.25, -0.2) is 8.42 Å². The first-order valence-corrected chi connectivity index (χ1v) is 21.0. The van der Waals surface area contributed by atoms with E-state index in [0.717, 1.165) is 64.1 Å². The summed E-state index contributed by atoms with van der Waals surface area (Å²) in [6, 6.07) is 39.0. The van der Waals surface area contributed by atoms with Crippen LogP contribution in [-0.2, 0) is 48.6 Å². The molecule has 0 saturated carbocycles. The predicted molar refractivity (Wildman–Crippen MR) is 219 cm³/mol. The van der Waals surface area contributed by atoms with Gasteiger partial charge in [0, 0.05) is 37.7 Å². The van der Waals surface area contributed by atoms with E-state index in [-0.39, 0.29) is 42.6 Å². The Labute approximate surface area is 335 Å². The molecule has 10 nitrogen and oxygen atoms in total. The molecule has 57 heavy (non-hydrogen) atoms. The molecule has 11 heteroatoms. The Morgan fingerprint density at radius 2 is 1.47 bits per heavy atom. The van der Waals surface area contributed by atoms with Gasteiger partial charge >= 0.3 is 0 Å². The van der Waals surface area contributed by atoms with E-state index < -0.39 is 28.3 Å². The molecular formula is C46H51N3O7S. The lowest BCUT2D eigenvalue weighted by molar-refractivity contribution is -0.277. The van der Waals surface area contributed by atoms with E-state index in [9.17, 15) is 18.3 Å². The van der Waals surface area contributed by atoms with E-state index in [1.54, 1.807) is 24.3 Å². The smallest absolute Gasteiger partial charge is 0.241 e. The van der Waals surface area contributed by atoms with Crippen molar-refractivity contribution in [1.29, 1.82) is 0 Å². The van der Waals surface area contributed by atoms with Gasteiger partial charge in [0.05, 0.1) is 36.9 Å². The van der Waals surface area contributed by atoms with Crippen molar-refractivity contribution in [3.63, 3.8) is 0 Å². The molecule has 0 aromatic heterocycles. The van der Waals surface area contributed by atoms with Gasteiger partial charge in [0.15, 0.2) is 6.29 Å². The summed E-state index contributed by atoms with van der Waals surface area (Å²) < 4.78 is 48.3. The molecule has 5 aromatic carbocycles. The van der Waals surface area contributed by atoms with Crippen molar-refractivity contribution in [2.75, 3.05) is 32.8 Å². The fraction of sp³-hybridized carbons (Fsp3) is 0.326. The summed E-state index contributed by atoms with van der Waals surface area (Å²) in [7, 11) is -3.96. The van der Waals surface area contributed by atoms with Gasteiger partial charge in [0.1, 0.15) is 6.04 Å². The molecule has 1 amide bonds. The molecule has 2 aliphatic heterocycles. The van der Waals surface area contributed by atoms with Crippen LogP contribution in [0.25, 0.3) is 11.1 Å². The minimum Gasteiger partial charge on any atom is -0.392 e. The van der Waals surface area contributed by atoms with Crippen molar-refractivity contribution >= 4 is 15.9 Å². The maximum absolute atomic E-state index is 13.6. The highest BCUT2D eigenvalue weighted by Gasteiger charge is 2.39. The van der Waals surface area contributed by atoms with E-state index in [4.69, 9.17) is 14.2 Å². The van der Waals surface area contributed by atoms with Gasteiger partial charge in [0.2, 0.25) is 15.9 Å². The van der Waals surface area contributed by atoms with Gasteiger partial charge < -0.3 is 24.6 Å². The number of amides is 1. The summed E-state index contributed by atoms with van der Waals surface area (Å²) in [6.07, 6.45) is -0.639. The van der Waals surface area contributed by atoms with Crippen LogP contribution in [0.5, 0.6) is 0 Å². The van der Waals surface area contributed by atoms with Gasteiger partial charge in [-0.05, 0) is 64.9 Å². The van der Waals surface area contributed by atoms with Crippen molar-refractivity contribution in [2.45, 2.75) is 62.9 Å². The zero-order chi connectivity index (χ0) is 39.8. The van der Waals surface area contributed by atoms with E-state index >= 15 is 0 Å². The summed E-state index contributed by atoms with van der Waals surface area (Å²) in [4.78, 5) is 16.1. The number of morpholine rings is 1. The lowest BCUT2D eigenvalue weighted by atomic mass is 9.90. The van der Waals surface area contributed by atoms with Crippen LogP contribution < -0.4 is 10.0 Å². The van der Waals surface area contributed by atoms with Gasteiger partial charge in [-0.15, -0.1) is 0 Å². The fourth-order valence-corrected chi connectivity index (χ4v) is 8.58. The average molecular weight is 790 g/mol.